The molecule has 3 aromatic heterocycles. The molecule has 0 aliphatic rings. The molecule has 0 aliphatic carbocycles. The zero-order valence-electron chi connectivity index (χ0n) is 12.5. The van der Waals surface area contributed by atoms with E-state index in [0.29, 0.717) is 5.65 Å². The van der Waals surface area contributed by atoms with Gasteiger partial charge >= 0.3 is 0 Å². The molecular formula is C19H11BrN4. The SMILES string of the molecule is Brc1ccc(-c2nc3ncccc3c3nc4ccccc4n23)cc1. The molecule has 2 aromatic carbocycles. The summed E-state index contributed by atoms with van der Waals surface area (Å²) in [4.78, 5) is 14.1. The Labute approximate surface area is 145 Å². The Balaban J connectivity index is 2.01. The van der Waals surface area contributed by atoms with Crippen molar-refractivity contribution in [3.8, 4) is 11.4 Å². The number of hydrogen-bond donors (Lipinski definition) is 0. The normalized spacial score (nSPS) is 11.5. The molecule has 5 rings (SSSR count). The number of nitrogens with zero attached hydrogens (tertiary/aromatic N) is 4. The number of aromatic nitrogens is 4. The van der Waals surface area contributed by atoms with Crippen LogP contribution in [0.15, 0.2) is 71.3 Å². The van der Waals surface area contributed by atoms with E-state index in [1.165, 1.54) is 0 Å². The molecule has 0 bridgehead atoms. The third-order valence-electron chi connectivity index (χ3n) is 4.11. The van der Waals surface area contributed by atoms with Crippen molar-refractivity contribution < 1.29 is 0 Å². The van der Waals surface area contributed by atoms with E-state index in [9.17, 15) is 0 Å². The van der Waals surface area contributed by atoms with E-state index in [-0.39, 0.29) is 0 Å². The molecule has 0 spiro atoms. The van der Waals surface area contributed by atoms with Gasteiger partial charge in [-0.3, -0.25) is 4.40 Å². The zero-order valence-corrected chi connectivity index (χ0v) is 14.1. The average molecular weight is 375 g/mol. The van der Waals surface area contributed by atoms with Crippen LogP contribution in [0, 0.1) is 0 Å². The summed E-state index contributed by atoms with van der Waals surface area (Å²) in [5, 5.41) is 0.953. The third-order valence-corrected chi connectivity index (χ3v) is 4.64. The molecule has 0 aliphatic heterocycles. The van der Waals surface area contributed by atoms with E-state index in [1.54, 1.807) is 6.20 Å². The molecule has 24 heavy (non-hydrogen) atoms. The quantitative estimate of drug-likeness (QED) is 0.420. The van der Waals surface area contributed by atoms with E-state index in [0.717, 1.165) is 37.9 Å². The second-order valence-corrected chi connectivity index (χ2v) is 6.49. The van der Waals surface area contributed by atoms with Gasteiger partial charge in [-0.2, -0.15) is 0 Å². The molecule has 0 amide bonds. The summed E-state index contributed by atoms with van der Waals surface area (Å²) in [5.74, 6) is 0.845. The standard InChI is InChI=1S/C19H11BrN4/c20-13-9-7-12(8-10-13)18-23-17-14(4-3-11-21-17)19-22-15-5-1-2-6-16(15)24(18)19/h1-11H. The lowest BCUT2D eigenvalue weighted by Crippen LogP contribution is -1.98. The van der Waals surface area contributed by atoms with Crippen LogP contribution in [0.2, 0.25) is 0 Å². The Morgan fingerprint density at radius 3 is 2.54 bits per heavy atom. The minimum absolute atomic E-state index is 0.707. The van der Waals surface area contributed by atoms with Crippen LogP contribution in [-0.2, 0) is 0 Å². The van der Waals surface area contributed by atoms with Crippen molar-refractivity contribution in [2.75, 3.05) is 0 Å². The molecule has 114 valence electrons. The molecule has 0 radical (unpaired) electrons. The van der Waals surface area contributed by atoms with Crippen LogP contribution in [0.3, 0.4) is 0 Å². The number of hydrogen-bond acceptors (Lipinski definition) is 3. The zero-order chi connectivity index (χ0) is 16.1. The van der Waals surface area contributed by atoms with Gasteiger partial charge in [-0.1, -0.05) is 40.2 Å². The maximum Gasteiger partial charge on any atom is 0.165 e. The monoisotopic (exact) mass is 374 g/mol. The Hall–Kier alpha value is -2.79. The number of para-hydroxylation sites is 2. The van der Waals surface area contributed by atoms with Crippen molar-refractivity contribution in [1.29, 1.82) is 0 Å². The molecule has 0 unspecified atom stereocenters. The molecule has 0 saturated heterocycles. The molecule has 5 heteroatoms. The summed E-state index contributed by atoms with van der Waals surface area (Å²) in [6, 6.07) is 20.2. The first-order valence-electron chi connectivity index (χ1n) is 7.59. The number of fused-ring (bicyclic) bond motifs is 5. The van der Waals surface area contributed by atoms with Gasteiger partial charge in [-0.15, -0.1) is 0 Å². The lowest BCUT2D eigenvalue weighted by Gasteiger charge is -2.08. The first-order chi connectivity index (χ1) is 11.8. The first kappa shape index (κ1) is 13.6. The van der Waals surface area contributed by atoms with E-state index >= 15 is 0 Å². The maximum absolute atomic E-state index is 4.82. The lowest BCUT2D eigenvalue weighted by molar-refractivity contribution is 1.14. The highest BCUT2D eigenvalue weighted by Crippen LogP contribution is 2.29. The van der Waals surface area contributed by atoms with Crippen LogP contribution in [0.4, 0.5) is 0 Å². The third kappa shape index (κ3) is 1.95. The topological polar surface area (TPSA) is 43.1 Å². The van der Waals surface area contributed by atoms with Gasteiger partial charge in [0.05, 0.1) is 16.4 Å². The van der Waals surface area contributed by atoms with Crippen LogP contribution in [0.25, 0.3) is 39.1 Å². The smallest absolute Gasteiger partial charge is 0.165 e. The van der Waals surface area contributed by atoms with Gasteiger partial charge in [0.2, 0.25) is 0 Å². The molecule has 3 heterocycles. The van der Waals surface area contributed by atoms with Crippen LogP contribution in [0.5, 0.6) is 0 Å². The van der Waals surface area contributed by atoms with Crippen molar-refractivity contribution in [2.45, 2.75) is 0 Å². The minimum atomic E-state index is 0.707. The highest BCUT2D eigenvalue weighted by Gasteiger charge is 2.15. The largest absolute Gasteiger partial charge is 0.276 e. The minimum Gasteiger partial charge on any atom is -0.276 e. The van der Waals surface area contributed by atoms with E-state index in [1.807, 2.05) is 42.5 Å². The fourth-order valence-electron chi connectivity index (χ4n) is 3.02. The van der Waals surface area contributed by atoms with Gasteiger partial charge < -0.3 is 0 Å². The maximum atomic E-state index is 4.82. The second kappa shape index (κ2) is 5.11. The van der Waals surface area contributed by atoms with Gasteiger partial charge in [0.15, 0.2) is 11.3 Å². The molecular weight excluding hydrogens is 364 g/mol. The van der Waals surface area contributed by atoms with Crippen molar-refractivity contribution in [3.05, 3.63) is 71.3 Å². The highest BCUT2D eigenvalue weighted by atomic mass is 79.9. The summed E-state index contributed by atoms with van der Waals surface area (Å²) in [7, 11) is 0. The van der Waals surface area contributed by atoms with Gasteiger partial charge in [0.25, 0.3) is 0 Å². The van der Waals surface area contributed by atoms with Gasteiger partial charge in [-0.25, -0.2) is 15.0 Å². The predicted molar refractivity (Wildman–Crippen MR) is 98.9 cm³/mol. The van der Waals surface area contributed by atoms with Crippen molar-refractivity contribution in [2.24, 2.45) is 0 Å². The molecule has 0 atom stereocenters. The Bertz CT molecular complexity index is 1210. The van der Waals surface area contributed by atoms with Crippen molar-refractivity contribution in [1.82, 2.24) is 19.4 Å². The van der Waals surface area contributed by atoms with Crippen LogP contribution < -0.4 is 0 Å². The van der Waals surface area contributed by atoms with Gasteiger partial charge in [0, 0.05) is 16.2 Å². The lowest BCUT2D eigenvalue weighted by atomic mass is 10.2. The number of halogens is 1. The van der Waals surface area contributed by atoms with E-state index in [2.05, 4.69) is 43.5 Å². The van der Waals surface area contributed by atoms with Crippen molar-refractivity contribution in [3.63, 3.8) is 0 Å². The summed E-state index contributed by atoms with van der Waals surface area (Å²) in [6.07, 6.45) is 1.76. The van der Waals surface area contributed by atoms with Crippen molar-refractivity contribution >= 4 is 43.6 Å². The molecule has 0 fully saturated rings. The van der Waals surface area contributed by atoms with Crippen LogP contribution >= 0.6 is 15.9 Å². The predicted octanol–water partition coefficient (Wildman–Crippen LogP) is 4.86. The first-order valence-corrected chi connectivity index (χ1v) is 8.38. The second-order valence-electron chi connectivity index (χ2n) is 5.58. The molecule has 0 saturated carbocycles. The fourth-order valence-corrected chi connectivity index (χ4v) is 3.29. The molecule has 4 nitrogen and oxygen atoms in total. The Morgan fingerprint density at radius 1 is 0.833 bits per heavy atom. The number of imidazole rings is 1. The van der Waals surface area contributed by atoms with Gasteiger partial charge in [0.1, 0.15) is 5.82 Å². The molecule has 0 N–H and O–H groups in total. The number of rotatable bonds is 1. The summed E-state index contributed by atoms with van der Waals surface area (Å²) in [5.41, 5.74) is 4.61. The van der Waals surface area contributed by atoms with E-state index < -0.39 is 0 Å². The van der Waals surface area contributed by atoms with Crippen LogP contribution in [0.1, 0.15) is 0 Å². The molecule has 5 aromatic rings. The number of benzene rings is 2. The van der Waals surface area contributed by atoms with Crippen LogP contribution in [-0.4, -0.2) is 19.4 Å². The number of pyridine rings is 1. The Morgan fingerprint density at radius 2 is 1.67 bits per heavy atom. The Kier molecular flexibility index (Phi) is 2.90. The highest BCUT2D eigenvalue weighted by molar-refractivity contribution is 9.10. The van der Waals surface area contributed by atoms with Gasteiger partial charge in [-0.05, 0) is 36.4 Å². The fraction of sp³-hybridized carbons (Fsp3) is 0. The average Bonchev–Trinajstić information content (AvgIpc) is 3.02. The summed E-state index contributed by atoms with van der Waals surface area (Å²) < 4.78 is 3.15. The summed E-state index contributed by atoms with van der Waals surface area (Å²) in [6.45, 7) is 0. The summed E-state index contributed by atoms with van der Waals surface area (Å²) >= 11 is 3.49. The van der Waals surface area contributed by atoms with E-state index in [4.69, 9.17) is 9.97 Å².